The Morgan fingerprint density at radius 1 is 1.61 bits per heavy atom. The van der Waals surface area contributed by atoms with Crippen LogP contribution in [0.15, 0.2) is 10.8 Å². The number of nitrogens with one attached hydrogen (secondary N) is 1. The molecule has 0 spiro atoms. The van der Waals surface area contributed by atoms with Crippen LogP contribution in [0.3, 0.4) is 0 Å². The van der Waals surface area contributed by atoms with E-state index >= 15 is 0 Å². The van der Waals surface area contributed by atoms with Crippen LogP contribution in [0.4, 0.5) is 0 Å². The molecule has 96 valence electrons. The monoisotopic (exact) mass is 309 g/mol. The third-order valence-corrected chi connectivity index (χ3v) is 4.27. The first-order valence-electron chi connectivity index (χ1n) is 6.38. The van der Waals surface area contributed by atoms with Crippen molar-refractivity contribution in [2.45, 2.75) is 45.2 Å². The highest BCUT2D eigenvalue weighted by atomic mass is 79.9. The second-order valence-electron chi connectivity index (χ2n) is 5.09. The van der Waals surface area contributed by atoms with E-state index in [-0.39, 0.29) is 5.78 Å². The molecule has 0 fully saturated rings. The molecule has 0 saturated heterocycles. The van der Waals surface area contributed by atoms with Crippen molar-refractivity contribution in [3.05, 3.63) is 22.2 Å². The number of nitrogens with zero attached hydrogens (tertiary/aromatic N) is 2. The average Bonchev–Trinajstić information content (AvgIpc) is 2.52. The Morgan fingerprint density at radius 3 is 3.11 bits per heavy atom. The zero-order chi connectivity index (χ0) is 12.9. The molecule has 2 unspecified atom stereocenters. The molecule has 0 aromatic carbocycles. The molecule has 18 heavy (non-hydrogen) atoms. The molecule has 1 N–H and O–H groups in total. The van der Waals surface area contributed by atoms with Crippen LogP contribution >= 0.6 is 15.9 Å². The molecule has 1 aromatic rings. The van der Waals surface area contributed by atoms with Crippen molar-refractivity contribution in [2.24, 2.45) is 0 Å². The number of allylic oxidation sites excluding steroid dienone is 1. The van der Waals surface area contributed by atoms with E-state index in [1.165, 1.54) is 0 Å². The maximum Gasteiger partial charge on any atom is 0.178 e. The first-order valence-corrected chi connectivity index (χ1v) is 7.17. The number of carbonyl (C=O) groups is 1. The second-order valence-corrected chi connectivity index (χ2v) is 5.80. The van der Waals surface area contributed by atoms with Crippen LogP contribution in [-0.4, -0.2) is 21.4 Å². The van der Waals surface area contributed by atoms with Gasteiger partial charge < -0.3 is 9.88 Å². The number of carbonyl (C=O) groups excluding carboxylic acids is 1. The molecule has 2 heterocycles. The molecule has 1 aromatic heterocycles. The van der Waals surface area contributed by atoms with Crippen LogP contribution in [0.25, 0.3) is 5.70 Å². The van der Waals surface area contributed by atoms with Crippen molar-refractivity contribution >= 4 is 27.4 Å². The van der Waals surface area contributed by atoms with Gasteiger partial charge in [0.15, 0.2) is 10.5 Å². The Morgan fingerprint density at radius 2 is 2.39 bits per heavy atom. The Labute approximate surface area is 115 Å². The standard InChI is InChI=1S/C13H16BrN3O/c1-3-8-4-7(2)15-10-5-9(18)6-11-12(10)17(8)13(14)16-11/h5,7-8,15H,3-4,6H2,1-2H3. The van der Waals surface area contributed by atoms with Crippen LogP contribution in [0.1, 0.15) is 44.1 Å². The van der Waals surface area contributed by atoms with Crippen LogP contribution in [0.2, 0.25) is 0 Å². The number of aromatic nitrogens is 2. The Bertz CT molecular complexity index is 547. The molecule has 0 bridgehead atoms. The maximum absolute atomic E-state index is 11.7. The van der Waals surface area contributed by atoms with Gasteiger partial charge in [-0.3, -0.25) is 4.79 Å². The number of rotatable bonds is 1. The van der Waals surface area contributed by atoms with Gasteiger partial charge in [-0.05, 0) is 35.7 Å². The third kappa shape index (κ3) is 1.72. The highest BCUT2D eigenvalue weighted by molar-refractivity contribution is 9.10. The molecule has 0 amide bonds. The molecular formula is C13H16BrN3O. The van der Waals surface area contributed by atoms with Crippen molar-refractivity contribution in [1.29, 1.82) is 0 Å². The fourth-order valence-electron chi connectivity index (χ4n) is 2.93. The molecule has 4 nitrogen and oxygen atoms in total. The number of ketones is 1. The van der Waals surface area contributed by atoms with E-state index in [4.69, 9.17) is 0 Å². The summed E-state index contributed by atoms with van der Waals surface area (Å²) in [4.78, 5) is 16.2. The van der Waals surface area contributed by atoms with Crippen molar-refractivity contribution in [1.82, 2.24) is 14.9 Å². The highest BCUT2D eigenvalue weighted by Crippen LogP contribution is 2.35. The summed E-state index contributed by atoms with van der Waals surface area (Å²) in [5.74, 6) is 0.129. The van der Waals surface area contributed by atoms with E-state index in [1.807, 2.05) is 0 Å². The van der Waals surface area contributed by atoms with E-state index in [1.54, 1.807) is 6.08 Å². The molecule has 2 atom stereocenters. The number of imidazole rings is 1. The maximum atomic E-state index is 11.7. The molecule has 1 aliphatic heterocycles. The summed E-state index contributed by atoms with van der Waals surface area (Å²) in [6.07, 6.45) is 4.25. The molecule has 0 radical (unpaired) electrons. The molecule has 2 aliphatic rings. The number of hydrogen-bond donors (Lipinski definition) is 1. The van der Waals surface area contributed by atoms with Gasteiger partial charge in [-0.1, -0.05) is 6.92 Å². The summed E-state index contributed by atoms with van der Waals surface area (Å²) in [7, 11) is 0. The fourth-order valence-corrected chi connectivity index (χ4v) is 3.61. The smallest absolute Gasteiger partial charge is 0.178 e. The van der Waals surface area contributed by atoms with Gasteiger partial charge in [0.2, 0.25) is 0 Å². The lowest BCUT2D eigenvalue weighted by molar-refractivity contribution is -0.114. The van der Waals surface area contributed by atoms with Crippen LogP contribution in [-0.2, 0) is 11.2 Å². The van der Waals surface area contributed by atoms with Gasteiger partial charge in [0.1, 0.15) is 0 Å². The van der Waals surface area contributed by atoms with Crippen molar-refractivity contribution in [3.63, 3.8) is 0 Å². The van der Waals surface area contributed by atoms with Crippen molar-refractivity contribution in [3.8, 4) is 0 Å². The molecular weight excluding hydrogens is 294 g/mol. The summed E-state index contributed by atoms with van der Waals surface area (Å²) in [5, 5.41) is 3.44. The van der Waals surface area contributed by atoms with Crippen LogP contribution in [0.5, 0.6) is 0 Å². The zero-order valence-electron chi connectivity index (χ0n) is 10.5. The van der Waals surface area contributed by atoms with E-state index in [2.05, 4.69) is 44.6 Å². The number of halogens is 1. The average molecular weight is 310 g/mol. The summed E-state index contributed by atoms with van der Waals surface area (Å²) in [6, 6.07) is 0.795. The normalized spacial score (nSPS) is 26.2. The molecule has 5 heteroatoms. The third-order valence-electron chi connectivity index (χ3n) is 3.71. The summed E-state index contributed by atoms with van der Waals surface area (Å²) in [5.41, 5.74) is 2.92. The summed E-state index contributed by atoms with van der Waals surface area (Å²) >= 11 is 3.54. The SMILES string of the molecule is CCC1CC(C)NC2=CC(=O)Cc3nc(Br)n1c32. The topological polar surface area (TPSA) is 46.9 Å². The quantitative estimate of drug-likeness (QED) is 0.867. The highest BCUT2D eigenvalue weighted by Gasteiger charge is 2.32. The van der Waals surface area contributed by atoms with Crippen LogP contribution < -0.4 is 5.32 Å². The fraction of sp³-hybridized carbons (Fsp3) is 0.538. The van der Waals surface area contributed by atoms with Gasteiger partial charge in [-0.2, -0.15) is 0 Å². The number of hydrogen-bond acceptors (Lipinski definition) is 3. The first kappa shape index (κ1) is 12.0. The first-order chi connectivity index (χ1) is 8.60. The zero-order valence-corrected chi connectivity index (χ0v) is 12.1. The van der Waals surface area contributed by atoms with Gasteiger partial charge in [0, 0.05) is 18.2 Å². The summed E-state index contributed by atoms with van der Waals surface area (Å²) in [6.45, 7) is 4.36. The molecule has 3 rings (SSSR count). The summed E-state index contributed by atoms with van der Waals surface area (Å²) < 4.78 is 3.08. The van der Waals surface area contributed by atoms with E-state index < -0.39 is 0 Å². The Kier molecular flexibility index (Phi) is 2.81. The van der Waals surface area contributed by atoms with Gasteiger partial charge in [-0.15, -0.1) is 0 Å². The van der Waals surface area contributed by atoms with E-state index in [0.717, 1.165) is 34.7 Å². The second kappa shape index (κ2) is 4.23. The van der Waals surface area contributed by atoms with Gasteiger partial charge >= 0.3 is 0 Å². The lowest BCUT2D eigenvalue weighted by atomic mass is 10.0. The molecule has 0 saturated carbocycles. The minimum atomic E-state index is 0.129. The molecule has 1 aliphatic carbocycles. The Hall–Kier alpha value is -1.10. The van der Waals surface area contributed by atoms with E-state index in [9.17, 15) is 4.79 Å². The minimum absolute atomic E-state index is 0.129. The Balaban J connectivity index is 2.22. The van der Waals surface area contributed by atoms with Gasteiger partial charge in [0.25, 0.3) is 0 Å². The van der Waals surface area contributed by atoms with Crippen LogP contribution in [0, 0.1) is 0 Å². The lowest BCUT2D eigenvalue weighted by Gasteiger charge is -2.19. The van der Waals surface area contributed by atoms with Crippen molar-refractivity contribution < 1.29 is 4.79 Å². The van der Waals surface area contributed by atoms with Gasteiger partial charge in [-0.25, -0.2) is 4.98 Å². The predicted octanol–water partition coefficient (Wildman–Crippen LogP) is 2.44. The minimum Gasteiger partial charge on any atom is -0.381 e. The van der Waals surface area contributed by atoms with E-state index in [0.29, 0.717) is 18.5 Å². The van der Waals surface area contributed by atoms with Crippen molar-refractivity contribution in [2.75, 3.05) is 0 Å². The predicted molar refractivity (Wildman–Crippen MR) is 73.2 cm³/mol. The van der Waals surface area contributed by atoms with Gasteiger partial charge in [0.05, 0.1) is 23.5 Å². The lowest BCUT2D eigenvalue weighted by Crippen LogP contribution is -2.26. The largest absolute Gasteiger partial charge is 0.381 e.